The number of hydrogen-bond acceptors (Lipinski definition) is 3. The molecule has 19 heavy (non-hydrogen) atoms. The standard InChI is InChI=1S/C13H23NO4.H2O/c1-13(2,3)18-12(17)14-10(11(15)16)8-9-6-4-5-7-9;/h9-10H,4-8H2,1-3H3,(H,14,17)(H,15,16);1H2/t10-;/m0./s1. The van der Waals surface area contributed by atoms with E-state index in [-0.39, 0.29) is 5.48 Å². The van der Waals surface area contributed by atoms with Crippen LogP contribution in [0, 0.1) is 5.92 Å². The number of aliphatic carboxylic acids is 1. The molecule has 0 aromatic rings. The highest BCUT2D eigenvalue weighted by atomic mass is 16.6. The summed E-state index contributed by atoms with van der Waals surface area (Å²) in [6, 6.07) is -0.844. The van der Waals surface area contributed by atoms with Crippen LogP contribution in [0.5, 0.6) is 0 Å². The second-order valence-corrected chi connectivity index (χ2v) is 5.92. The number of carboxylic acids is 1. The number of ether oxygens (including phenoxy) is 1. The van der Waals surface area contributed by atoms with Crippen LogP contribution in [-0.4, -0.2) is 34.3 Å². The first kappa shape index (κ1) is 17.7. The molecule has 0 radical (unpaired) electrons. The van der Waals surface area contributed by atoms with Gasteiger partial charge in [0, 0.05) is 0 Å². The number of alkyl carbamates (subject to hydrolysis) is 1. The first-order valence-corrected chi connectivity index (χ1v) is 6.50. The molecule has 0 bridgehead atoms. The fourth-order valence-corrected chi connectivity index (χ4v) is 2.25. The van der Waals surface area contributed by atoms with Crippen molar-refractivity contribution >= 4 is 12.1 Å². The molecule has 6 nitrogen and oxygen atoms in total. The van der Waals surface area contributed by atoms with E-state index in [0.717, 1.165) is 25.7 Å². The second kappa shape index (κ2) is 7.33. The van der Waals surface area contributed by atoms with Crippen molar-refractivity contribution in [2.24, 2.45) is 5.92 Å². The van der Waals surface area contributed by atoms with Crippen LogP contribution in [0.3, 0.4) is 0 Å². The molecular formula is C13H25NO5. The van der Waals surface area contributed by atoms with Gasteiger partial charge in [0.1, 0.15) is 11.6 Å². The lowest BCUT2D eigenvalue weighted by atomic mass is 9.98. The molecule has 1 amide bonds. The maximum atomic E-state index is 11.6. The zero-order valence-electron chi connectivity index (χ0n) is 11.9. The lowest BCUT2D eigenvalue weighted by molar-refractivity contribution is -0.140. The number of amides is 1. The molecule has 0 heterocycles. The van der Waals surface area contributed by atoms with E-state index in [9.17, 15) is 9.59 Å². The summed E-state index contributed by atoms with van der Waals surface area (Å²) in [5, 5.41) is 11.5. The highest BCUT2D eigenvalue weighted by Crippen LogP contribution is 2.28. The van der Waals surface area contributed by atoms with E-state index >= 15 is 0 Å². The van der Waals surface area contributed by atoms with Gasteiger partial charge in [-0.2, -0.15) is 0 Å². The average molecular weight is 275 g/mol. The number of nitrogens with one attached hydrogen (secondary N) is 1. The van der Waals surface area contributed by atoms with E-state index in [0.29, 0.717) is 12.3 Å². The second-order valence-electron chi connectivity index (χ2n) is 5.92. The van der Waals surface area contributed by atoms with Crippen molar-refractivity contribution in [2.75, 3.05) is 0 Å². The average Bonchev–Trinajstić information content (AvgIpc) is 2.66. The molecule has 0 aromatic carbocycles. The molecule has 112 valence electrons. The molecule has 1 rings (SSSR count). The van der Waals surface area contributed by atoms with Gasteiger partial charge in [-0.3, -0.25) is 0 Å². The molecule has 0 unspecified atom stereocenters. The Morgan fingerprint density at radius 2 is 1.84 bits per heavy atom. The Hall–Kier alpha value is -1.30. The molecule has 0 aliphatic heterocycles. The smallest absolute Gasteiger partial charge is 0.408 e. The molecule has 1 aliphatic rings. The predicted molar refractivity (Wildman–Crippen MR) is 71.0 cm³/mol. The summed E-state index contributed by atoms with van der Waals surface area (Å²) in [4.78, 5) is 22.7. The van der Waals surface area contributed by atoms with E-state index < -0.39 is 23.7 Å². The largest absolute Gasteiger partial charge is 0.480 e. The molecule has 0 saturated heterocycles. The lowest BCUT2D eigenvalue weighted by Gasteiger charge is -2.23. The highest BCUT2D eigenvalue weighted by molar-refractivity contribution is 5.80. The van der Waals surface area contributed by atoms with Crippen LogP contribution in [0.2, 0.25) is 0 Å². The Balaban J connectivity index is 0.00000324. The van der Waals surface area contributed by atoms with Gasteiger partial charge in [-0.1, -0.05) is 25.7 Å². The van der Waals surface area contributed by atoms with Gasteiger partial charge in [0.05, 0.1) is 0 Å². The van der Waals surface area contributed by atoms with Crippen molar-refractivity contribution in [3.05, 3.63) is 0 Å². The SMILES string of the molecule is CC(C)(C)OC(=O)N[C@@H](CC1CCCC1)C(=O)O.O. The highest BCUT2D eigenvalue weighted by Gasteiger charge is 2.27. The molecule has 6 heteroatoms. The van der Waals surface area contributed by atoms with Crippen molar-refractivity contribution in [3.63, 3.8) is 0 Å². The third-order valence-corrected chi connectivity index (χ3v) is 3.03. The Bertz CT molecular complexity index is 305. The number of carboxylic acid groups (broad SMARTS) is 1. The number of carbonyl (C=O) groups excluding carboxylic acids is 1. The van der Waals surface area contributed by atoms with Crippen LogP contribution < -0.4 is 5.32 Å². The maximum absolute atomic E-state index is 11.6. The van der Waals surface area contributed by atoms with Crippen LogP contribution in [-0.2, 0) is 9.53 Å². The van der Waals surface area contributed by atoms with Crippen molar-refractivity contribution in [2.45, 2.75) is 64.5 Å². The van der Waals surface area contributed by atoms with Crippen molar-refractivity contribution in [3.8, 4) is 0 Å². The van der Waals surface area contributed by atoms with E-state index in [2.05, 4.69) is 5.32 Å². The molecule has 1 saturated carbocycles. The van der Waals surface area contributed by atoms with E-state index in [1.165, 1.54) is 0 Å². The van der Waals surface area contributed by atoms with Gasteiger partial charge in [0.15, 0.2) is 0 Å². The Morgan fingerprint density at radius 1 is 1.32 bits per heavy atom. The van der Waals surface area contributed by atoms with E-state index in [1.807, 2.05) is 0 Å². The third kappa shape index (κ3) is 7.00. The van der Waals surface area contributed by atoms with E-state index in [4.69, 9.17) is 9.84 Å². The van der Waals surface area contributed by atoms with E-state index in [1.54, 1.807) is 20.8 Å². The minimum Gasteiger partial charge on any atom is -0.480 e. The number of carbonyl (C=O) groups is 2. The van der Waals surface area contributed by atoms with Crippen LogP contribution in [0.15, 0.2) is 0 Å². The molecule has 0 aromatic heterocycles. The monoisotopic (exact) mass is 275 g/mol. The fourth-order valence-electron chi connectivity index (χ4n) is 2.25. The van der Waals surface area contributed by atoms with Gasteiger partial charge in [-0.05, 0) is 33.1 Å². The van der Waals surface area contributed by atoms with Gasteiger partial charge < -0.3 is 20.6 Å². The van der Waals surface area contributed by atoms with Crippen LogP contribution in [0.25, 0.3) is 0 Å². The van der Waals surface area contributed by atoms with Crippen LogP contribution in [0.4, 0.5) is 4.79 Å². The minimum atomic E-state index is -0.993. The summed E-state index contributed by atoms with van der Waals surface area (Å²) in [5.41, 5.74) is -0.611. The molecule has 4 N–H and O–H groups in total. The predicted octanol–water partition coefficient (Wildman–Crippen LogP) is 1.72. The summed E-state index contributed by atoms with van der Waals surface area (Å²) in [6.45, 7) is 5.25. The van der Waals surface area contributed by atoms with Gasteiger partial charge in [0.2, 0.25) is 0 Å². The quantitative estimate of drug-likeness (QED) is 0.814. The molecule has 0 spiro atoms. The summed E-state index contributed by atoms with van der Waals surface area (Å²) >= 11 is 0. The Labute approximate surface area is 113 Å². The third-order valence-electron chi connectivity index (χ3n) is 3.03. The maximum Gasteiger partial charge on any atom is 0.408 e. The Morgan fingerprint density at radius 3 is 2.26 bits per heavy atom. The normalized spacial score (nSPS) is 17.4. The number of rotatable bonds is 4. The fraction of sp³-hybridized carbons (Fsp3) is 0.846. The zero-order chi connectivity index (χ0) is 13.8. The molecular weight excluding hydrogens is 250 g/mol. The summed E-state index contributed by atoms with van der Waals surface area (Å²) in [6.07, 6.45) is 4.26. The summed E-state index contributed by atoms with van der Waals surface area (Å²) in [5.74, 6) is -0.589. The molecule has 1 fully saturated rings. The van der Waals surface area contributed by atoms with Crippen LogP contribution >= 0.6 is 0 Å². The van der Waals surface area contributed by atoms with Crippen molar-refractivity contribution < 1.29 is 24.9 Å². The van der Waals surface area contributed by atoms with Gasteiger partial charge in [-0.15, -0.1) is 0 Å². The molecule has 1 atom stereocenters. The zero-order valence-corrected chi connectivity index (χ0v) is 11.9. The molecule has 1 aliphatic carbocycles. The first-order valence-electron chi connectivity index (χ1n) is 6.50. The topological polar surface area (TPSA) is 107 Å². The van der Waals surface area contributed by atoms with Crippen molar-refractivity contribution in [1.82, 2.24) is 5.32 Å². The Kier molecular flexibility index (Phi) is 6.83. The van der Waals surface area contributed by atoms with Gasteiger partial charge in [0.25, 0.3) is 0 Å². The summed E-state index contributed by atoms with van der Waals surface area (Å²) in [7, 11) is 0. The minimum absolute atomic E-state index is 0. The van der Waals surface area contributed by atoms with Crippen LogP contribution in [0.1, 0.15) is 52.9 Å². The van der Waals surface area contributed by atoms with Crippen molar-refractivity contribution in [1.29, 1.82) is 0 Å². The number of hydrogen-bond donors (Lipinski definition) is 2. The summed E-state index contributed by atoms with van der Waals surface area (Å²) < 4.78 is 5.07. The van der Waals surface area contributed by atoms with Gasteiger partial charge in [-0.25, -0.2) is 9.59 Å². The lowest BCUT2D eigenvalue weighted by Crippen LogP contribution is -2.44. The first-order chi connectivity index (χ1) is 8.28. The van der Waals surface area contributed by atoms with Gasteiger partial charge >= 0.3 is 12.1 Å².